The number of amides is 1. The van der Waals surface area contributed by atoms with Crippen LogP contribution in [0, 0.1) is 11.8 Å². The Morgan fingerprint density at radius 3 is 2.67 bits per heavy atom. The van der Waals surface area contributed by atoms with Gasteiger partial charge in [0.15, 0.2) is 0 Å². The summed E-state index contributed by atoms with van der Waals surface area (Å²) >= 11 is 0. The highest BCUT2D eigenvalue weighted by Gasteiger charge is 2.39. The van der Waals surface area contributed by atoms with Crippen LogP contribution in [0.15, 0.2) is 0 Å². The Morgan fingerprint density at radius 1 is 1.33 bits per heavy atom. The van der Waals surface area contributed by atoms with Crippen LogP contribution in [-0.4, -0.2) is 42.6 Å². The quantitative estimate of drug-likeness (QED) is 0.828. The van der Waals surface area contributed by atoms with Crippen molar-refractivity contribution in [3.63, 3.8) is 0 Å². The van der Waals surface area contributed by atoms with Crippen LogP contribution in [0.3, 0.4) is 0 Å². The highest BCUT2D eigenvalue weighted by atomic mass is 16.5. The van der Waals surface area contributed by atoms with Gasteiger partial charge in [0.2, 0.25) is 5.91 Å². The van der Waals surface area contributed by atoms with Crippen LogP contribution in [0.1, 0.15) is 39.5 Å². The molecule has 104 valence electrons. The zero-order valence-electron chi connectivity index (χ0n) is 11.8. The number of hydrogen-bond acceptors (Lipinski definition) is 3. The molecular formula is C14H26N2O2. The van der Waals surface area contributed by atoms with E-state index in [0.29, 0.717) is 24.3 Å². The first-order valence-corrected chi connectivity index (χ1v) is 7.00. The molecule has 4 nitrogen and oxygen atoms in total. The molecule has 4 heteroatoms. The molecule has 1 aliphatic carbocycles. The standard InChI is InChI=1S/C14H26N2O2/c1-14(2,18-3)7-13(17)16-8-10-4-5-12(15)6-11(10)9-16/h10-12H,4-9,15H2,1-3H3/t10-,11+,12?/m1/s1. The Morgan fingerprint density at radius 2 is 2.00 bits per heavy atom. The lowest BCUT2D eigenvalue weighted by atomic mass is 9.79. The average Bonchev–Trinajstić information content (AvgIpc) is 2.71. The van der Waals surface area contributed by atoms with Crippen LogP contribution in [0.5, 0.6) is 0 Å². The van der Waals surface area contributed by atoms with Crippen molar-refractivity contribution in [1.82, 2.24) is 4.90 Å². The topological polar surface area (TPSA) is 55.6 Å². The summed E-state index contributed by atoms with van der Waals surface area (Å²) in [6.45, 7) is 5.75. The fourth-order valence-electron chi connectivity index (χ4n) is 3.22. The summed E-state index contributed by atoms with van der Waals surface area (Å²) in [7, 11) is 1.66. The normalized spacial score (nSPS) is 32.4. The second-order valence-electron chi connectivity index (χ2n) is 6.53. The predicted molar refractivity (Wildman–Crippen MR) is 71.1 cm³/mol. The number of rotatable bonds is 3. The van der Waals surface area contributed by atoms with Crippen LogP contribution < -0.4 is 5.73 Å². The van der Waals surface area contributed by atoms with Gasteiger partial charge in [0.1, 0.15) is 0 Å². The summed E-state index contributed by atoms with van der Waals surface area (Å²) < 4.78 is 5.34. The number of methoxy groups -OCH3 is 1. The lowest BCUT2D eigenvalue weighted by molar-refractivity contribution is -0.135. The van der Waals surface area contributed by atoms with E-state index in [1.807, 2.05) is 18.7 Å². The molecule has 1 saturated carbocycles. The first-order valence-electron chi connectivity index (χ1n) is 7.00. The third-order valence-electron chi connectivity index (χ3n) is 4.57. The van der Waals surface area contributed by atoms with Gasteiger partial charge in [0, 0.05) is 26.2 Å². The molecular weight excluding hydrogens is 228 g/mol. The first kappa shape index (κ1) is 13.8. The van der Waals surface area contributed by atoms with Gasteiger partial charge in [-0.3, -0.25) is 4.79 Å². The van der Waals surface area contributed by atoms with Crippen LogP contribution in [0.4, 0.5) is 0 Å². The molecule has 2 rings (SSSR count). The van der Waals surface area contributed by atoms with Crippen molar-refractivity contribution in [2.45, 2.75) is 51.2 Å². The number of carbonyl (C=O) groups excluding carboxylic acids is 1. The highest BCUT2D eigenvalue weighted by Crippen LogP contribution is 2.36. The summed E-state index contributed by atoms with van der Waals surface area (Å²) in [5.41, 5.74) is 5.65. The molecule has 0 aromatic rings. The molecule has 2 N–H and O–H groups in total. The number of likely N-dealkylation sites (tertiary alicyclic amines) is 1. The van der Waals surface area contributed by atoms with Crippen LogP contribution in [-0.2, 0) is 9.53 Å². The molecule has 2 aliphatic rings. The van der Waals surface area contributed by atoms with Crippen molar-refractivity contribution in [2.75, 3.05) is 20.2 Å². The van der Waals surface area contributed by atoms with Crippen molar-refractivity contribution < 1.29 is 9.53 Å². The SMILES string of the molecule is COC(C)(C)CC(=O)N1C[C@H]2CCC(N)C[C@H]2C1. The van der Waals surface area contributed by atoms with E-state index in [1.54, 1.807) is 7.11 Å². The largest absolute Gasteiger partial charge is 0.378 e. The van der Waals surface area contributed by atoms with Gasteiger partial charge in [-0.1, -0.05) is 0 Å². The molecule has 1 aliphatic heterocycles. The van der Waals surface area contributed by atoms with E-state index in [2.05, 4.69) is 0 Å². The molecule has 1 amide bonds. The molecule has 0 aromatic carbocycles. The minimum absolute atomic E-state index is 0.227. The molecule has 1 heterocycles. The van der Waals surface area contributed by atoms with E-state index < -0.39 is 0 Å². The van der Waals surface area contributed by atoms with Crippen LogP contribution in [0.2, 0.25) is 0 Å². The molecule has 1 saturated heterocycles. The maximum Gasteiger partial charge on any atom is 0.225 e. The van der Waals surface area contributed by atoms with Gasteiger partial charge in [-0.15, -0.1) is 0 Å². The third-order valence-corrected chi connectivity index (χ3v) is 4.57. The smallest absolute Gasteiger partial charge is 0.225 e. The molecule has 18 heavy (non-hydrogen) atoms. The lowest BCUT2D eigenvalue weighted by Gasteiger charge is -2.27. The summed E-state index contributed by atoms with van der Waals surface area (Å²) in [5, 5.41) is 0. The minimum atomic E-state index is -0.360. The number of ether oxygens (including phenoxy) is 1. The molecule has 0 radical (unpaired) electrons. The number of nitrogens with two attached hydrogens (primary N) is 1. The minimum Gasteiger partial charge on any atom is -0.378 e. The van der Waals surface area contributed by atoms with Crippen molar-refractivity contribution >= 4 is 5.91 Å². The fourth-order valence-corrected chi connectivity index (χ4v) is 3.22. The Labute approximate surface area is 110 Å². The fraction of sp³-hybridized carbons (Fsp3) is 0.929. The molecule has 3 atom stereocenters. The Bertz CT molecular complexity index is 317. The maximum absolute atomic E-state index is 12.3. The monoisotopic (exact) mass is 254 g/mol. The van der Waals surface area contributed by atoms with Crippen molar-refractivity contribution in [1.29, 1.82) is 0 Å². The highest BCUT2D eigenvalue weighted by molar-refractivity contribution is 5.77. The molecule has 0 spiro atoms. The van der Waals surface area contributed by atoms with Crippen LogP contribution in [0.25, 0.3) is 0 Å². The van der Waals surface area contributed by atoms with E-state index in [1.165, 1.54) is 6.42 Å². The zero-order valence-corrected chi connectivity index (χ0v) is 11.8. The van der Waals surface area contributed by atoms with Crippen molar-refractivity contribution in [2.24, 2.45) is 17.6 Å². The second kappa shape index (κ2) is 5.17. The van der Waals surface area contributed by atoms with Gasteiger partial charge < -0.3 is 15.4 Å². The molecule has 0 aromatic heterocycles. The third kappa shape index (κ3) is 3.04. The van der Waals surface area contributed by atoms with Crippen molar-refractivity contribution in [3.05, 3.63) is 0 Å². The van der Waals surface area contributed by atoms with Gasteiger partial charge in [0.25, 0.3) is 0 Å². The van der Waals surface area contributed by atoms with E-state index in [9.17, 15) is 4.79 Å². The van der Waals surface area contributed by atoms with E-state index >= 15 is 0 Å². The second-order valence-corrected chi connectivity index (χ2v) is 6.53. The molecule has 2 fully saturated rings. The zero-order chi connectivity index (χ0) is 13.3. The van der Waals surface area contributed by atoms with E-state index in [-0.39, 0.29) is 11.5 Å². The first-order chi connectivity index (χ1) is 8.41. The number of fused-ring (bicyclic) bond motifs is 1. The molecule has 0 bridgehead atoms. The van der Waals surface area contributed by atoms with E-state index in [4.69, 9.17) is 10.5 Å². The lowest BCUT2D eigenvalue weighted by Crippen LogP contribution is -2.36. The maximum atomic E-state index is 12.3. The number of hydrogen-bond donors (Lipinski definition) is 1. The number of carbonyl (C=O) groups is 1. The summed E-state index contributed by atoms with van der Waals surface area (Å²) in [6, 6.07) is 0.344. The van der Waals surface area contributed by atoms with Gasteiger partial charge in [-0.2, -0.15) is 0 Å². The number of nitrogens with zero attached hydrogens (tertiary/aromatic N) is 1. The summed E-state index contributed by atoms with van der Waals surface area (Å²) in [4.78, 5) is 14.3. The van der Waals surface area contributed by atoms with E-state index in [0.717, 1.165) is 25.9 Å². The predicted octanol–water partition coefficient (Wildman–Crippen LogP) is 1.39. The van der Waals surface area contributed by atoms with Gasteiger partial charge >= 0.3 is 0 Å². The van der Waals surface area contributed by atoms with Gasteiger partial charge in [-0.25, -0.2) is 0 Å². The summed E-state index contributed by atoms with van der Waals surface area (Å²) in [5.74, 6) is 1.53. The van der Waals surface area contributed by atoms with Crippen molar-refractivity contribution in [3.8, 4) is 0 Å². The Balaban J connectivity index is 1.90. The van der Waals surface area contributed by atoms with Gasteiger partial charge in [-0.05, 0) is 44.9 Å². The Kier molecular flexibility index (Phi) is 3.97. The van der Waals surface area contributed by atoms with Gasteiger partial charge in [0.05, 0.1) is 12.0 Å². The molecule has 1 unspecified atom stereocenters. The van der Waals surface area contributed by atoms with Crippen LogP contribution >= 0.6 is 0 Å². The Hall–Kier alpha value is -0.610. The summed E-state index contributed by atoms with van der Waals surface area (Å²) in [6.07, 6.45) is 3.85. The average molecular weight is 254 g/mol.